The van der Waals surface area contributed by atoms with Crippen molar-refractivity contribution in [1.29, 1.82) is 0 Å². The van der Waals surface area contributed by atoms with Crippen molar-refractivity contribution in [3.63, 3.8) is 0 Å². The molecular formula is C27H30N8O4S. The van der Waals surface area contributed by atoms with E-state index in [1.165, 1.54) is 11.3 Å². The van der Waals surface area contributed by atoms with Crippen LogP contribution in [0.1, 0.15) is 33.1 Å². The number of benzene rings is 1. The van der Waals surface area contributed by atoms with E-state index in [-0.39, 0.29) is 6.03 Å². The Morgan fingerprint density at radius 2 is 1.85 bits per heavy atom. The van der Waals surface area contributed by atoms with E-state index in [2.05, 4.69) is 35.6 Å². The number of carboxylic acid groups (broad SMARTS) is 1. The number of piperidine rings is 1. The van der Waals surface area contributed by atoms with E-state index in [1.54, 1.807) is 31.8 Å². The largest absolute Gasteiger partial charge is 0.481 e. The second kappa shape index (κ2) is 11.4. The first-order chi connectivity index (χ1) is 19.4. The second-order valence-electron chi connectivity index (χ2n) is 9.50. The van der Waals surface area contributed by atoms with Crippen LogP contribution in [0.2, 0.25) is 0 Å². The summed E-state index contributed by atoms with van der Waals surface area (Å²) in [5.74, 6) is 0.725. The van der Waals surface area contributed by atoms with Crippen LogP contribution in [0.15, 0.2) is 36.8 Å². The Morgan fingerprint density at radius 3 is 2.50 bits per heavy atom. The minimum atomic E-state index is -0.733. The molecule has 12 nitrogen and oxygen atoms in total. The third-order valence-corrected chi connectivity index (χ3v) is 8.25. The van der Waals surface area contributed by atoms with Gasteiger partial charge in [0, 0.05) is 55.4 Å². The SMILES string of the molecule is CCNC(=O)Nc1nc2cc(-c3cnc(N4CCC(CC)(C(=O)O)CC4)nc3)cc(-c3nccc(OC)n3)c2s1. The zero-order valence-electron chi connectivity index (χ0n) is 22.5. The smallest absolute Gasteiger partial charge is 0.321 e. The first-order valence-corrected chi connectivity index (χ1v) is 13.8. The number of hydrogen-bond acceptors (Lipinski definition) is 10. The molecule has 40 heavy (non-hydrogen) atoms. The van der Waals surface area contributed by atoms with Crippen molar-refractivity contribution in [3.05, 3.63) is 36.8 Å². The van der Waals surface area contributed by atoms with Crippen molar-refractivity contribution in [1.82, 2.24) is 30.2 Å². The third-order valence-electron chi connectivity index (χ3n) is 7.23. The van der Waals surface area contributed by atoms with E-state index in [0.29, 0.717) is 67.2 Å². The summed E-state index contributed by atoms with van der Waals surface area (Å²) in [5.41, 5.74) is 2.30. The highest BCUT2D eigenvalue weighted by molar-refractivity contribution is 7.22. The summed E-state index contributed by atoms with van der Waals surface area (Å²) in [5, 5.41) is 15.6. The quantitative estimate of drug-likeness (QED) is 0.281. The molecule has 0 radical (unpaired) electrons. The van der Waals surface area contributed by atoms with Crippen LogP contribution in [0.5, 0.6) is 5.88 Å². The maximum atomic E-state index is 12.1. The number of fused-ring (bicyclic) bond motifs is 1. The number of nitrogens with one attached hydrogen (secondary N) is 2. The molecule has 3 aromatic heterocycles. The number of amides is 2. The average Bonchev–Trinajstić information content (AvgIpc) is 3.39. The molecule has 1 aliphatic heterocycles. The van der Waals surface area contributed by atoms with Gasteiger partial charge in [0.25, 0.3) is 0 Å². The van der Waals surface area contributed by atoms with E-state index in [4.69, 9.17) is 4.74 Å². The van der Waals surface area contributed by atoms with Gasteiger partial charge in [-0.1, -0.05) is 18.3 Å². The Balaban J connectivity index is 1.48. The molecule has 0 atom stereocenters. The van der Waals surface area contributed by atoms with E-state index < -0.39 is 11.4 Å². The summed E-state index contributed by atoms with van der Waals surface area (Å²) >= 11 is 1.33. The molecule has 1 aromatic carbocycles. The molecular weight excluding hydrogens is 532 g/mol. The van der Waals surface area contributed by atoms with Crippen LogP contribution in [-0.2, 0) is 4.79 Å². The molecule has 0 saturated carbocycles. The van der Waals surface area contributed by atoms with E-state index in [9.17, 15) is 14.7 Å². The van der Waals surface area contributed by atoms with Gasteiger partial charge >= 0.3 is 12.0 Å². The van der Waals surface area contributed by atoms with Crippen molar-refractivity contribution in [3.8, 4) is 28.4 Å². The summed E-state index contributed by atoms with van der Waals surface area (Å²) < 4.78 is 6.12. The number of rotatable bonds is 8. The Morgan fingerprint density at radius 1 is 1.10 bits per heavy atom. The molecule has 1 fully saturated rings. The van der Waals surface area contributed by atoms with Crippen molar-refractivity contribution in [2.45, 2.75) is 33.1 Å². The van der Waals surface area contributed by atoms with Gasteiger partial charge in [-0.15, -0.1) is 0 Å². The van der Waals surface area contributed by atoms with Crippen LogP contribution in [0, 0.1) is 5.41 Å². The minimum absolute atomic E-state index is 0.331. The number of carboxylic acids is 1. The van der Waals surface area contributed by atoms with Gasteiger partial charge in [-0.3, -0.25) is 10.1 Å². The highest BCUT2D eigenvalue weighted by Gasteiger charge is 2.40. The Hall–Kier alpha value is -4.39. The third kappa shape index (κ3) is 5.37. The molecule has 208 valence electrons. The lowest BCUT2D eigenvalue weighted by Gasteiger charge is -2.38. The maximum Gasteiger partial charge on any atom is 0.321 e. The fourth-order valence-electron chi connectivity index (χ4n) is 4.79. The molecule has 5 rings (SSSR count). The monoisotopic (exact) mass is 562 g/mol. The van der Waals surface area contributed by atoms with E-state index in [0.717, 1.165) is 21.4 Å². The van der Waals surface area contributed by atoms with Gasteiger partial charge in [0.2, 0.25) is 11.8 Å². The van der Waals surface area contributed by atoms with Crippen LogP contribution in [0.4, 0.5) is 15.9 Å². The van der Waals surface area contributed by atoms with Crippen LogP contribution in [0.3, 0.4) is 0 Å². The molecule has 0 spiro atoms. The normalized spacial score (nSPS) is 14.6. The van der Waals surface area contributed by atoms with E-state index in [1.807, 2.05) is 30.9 Å². The van der Waals surface area contributed by atoms with Crippen LogP contribution >= 0.6 is 11.3 Å². The maximum absolute atomic E-state index is 12.1. The predicted octanol–water partition coefficient (Wildman–Crippen LogP) is 4.44. The van der Waals surface area contributed by atoms with Crippen LogP contribution in [-0.4, -0.2) is 68.8 Å². The van der Waals surface area contributed by atoms with Gasteiger partial charge in [0.05, 0.1) is 22.7 Å². The topological polar surface area (TPSA) is 155 Å². The number of thiazole rings is 1. The number of hydrogen-bond donors (Lipinski definition) is 3. The molecule has 4 heterocycles. The minimum Gasteiger partial charge on any atom is -0.481 e. The molecule has 0 unspecified atom stereocenters. The van der Waals surface area contributed by atoms with E-state index >= 15 is 0 Å². The number of aromatic nitrogens is 5. The fourth-order valence-corrected chi connectivity index (χ4v) is 5.74. The van der Waals surface area contributed by atoms with Gasteiger partial charge in [-0.2, -0.15) is 4.98 Å². The van der Waals surface area contributed by atoms with Gasteiger partial charge in [-0.05, 0) is 43.9 Å². The van der Waals surface area contributed by atoms with Crippen molar-refractivity contribution in [2.75, 3.05) is 37.0 Å². The summed E-state index contributed by atoms with van der Waals surface area (Å²) in [6.07, 6.45) is 6.84. The molecule has 1 aliphatic rings. The number of carbonyl (C=O) groups is 2. The summed E-state index contributed by atoms with van der Waals surface area (Å²) in [6.45, 7) is 5.44. The zero-order valence-corrected chi connectivity index (χ0v) is 23.3. The van der Waals surface area contributed by atoms with Crippen LogP contribution < -0.4 is 20.3 Å². The number of ether oxygens (including phenoxy) is 1. The Kier molecular flexibility index (Phi) is 7.74. The van der Waals surface area contributed by atoms with Gasteiger partial charge in [0.15, 0.2) is 11.0 Å². The number of urea groups is 1. The number of methoxy groups -OCH3 is 1. The lowest BCUT2D eigenvalue weighted by Crippen LogP contribution is -2.44. The number of carbonyl (C=O) groups excluding carboxylic acids is 1. The highest BCUT2D eigenvalue weighted by atomic mass is 32.1. The highest BCUT2D eigenvalue weighted by Crippen LogP contribution is 2.39. The first kappa shape index (κ1) is 27.2. The second-order valence-corrected chi connectivity index (χ2v) is 10.5. The number of aliphatic carboxylic acids is 1. The number of nitrogens with zero attached hydrogens (tertiary/aromatic N) is 6. The number of anilines is 2. The van der Waals surface area contributed by atoms with Crippen molar-refractivity contribution < 1.29 is 19.4 Å². The summed E-state index contributed by atoms with van der Waals surface area (Å²) in [4.78, 5) is 48.8. The van der Waals surface area contributed by atoms with Gasteiger partial charge in [-0.25, -0.2) is 24.7 Å². The van der Waals surface area contributed by atoms with Gasteiger partial charge < -0.3 is 20.1 Å². The average molecular weight is 563 g/mol. The van der Waals surface area contributed by atoms with Crippen molar-refractivity contribution >= 4 is 44.6 Å². The molecule has 1 saturated heterocycles. The molecule has 13 heteroatoms. The molecule has 4 aromatic rings. The molecule has 3 N–H and O–H groups in total. The van der Waals surface area contributed by atoms with Crippen molar-refractivity contribution in [2.24, 2.45) is 5.41 Å². The standard InChI is InChI=1S/C27H30N8O4S/c1-4-27(23(36)37)7-10-35(11-8-27)24-30-14-17(15-31-24)16-12-18(22-29-9-6-20(33-22)39-3)21-19(13-16)32-26(40-21)34-25(38)28-5-2/h6,9,12-15H,4-5,7-8,10-11H2,1-3H3,(H,36,37)(H2,28,32,34,38). The fraction of sp³-hybridized carbons (Fsp3) is 0.370. The van der Waals surface area contributed by atoms with Crippen LogP contribution in [0.25, 0.3) is 32.7 Å². The molecule has 0 aliphatic carbocycles. The Bertz CT molecular complexity index is 1530. The lowest BCUT2D eigenvalue weighted by molar-refractivity contribution is -0.150. The zero-order chi connectivity index (χ0) is 28.3. The predicted molar refractivity (Wildman–Crippen MR) is 153 cm³/mol. The summed E-state index contributed by atoms with van der Waals surface area (Å²) in [7, 11) is 1.55. The Labute approximate surface area is 234 Å². The molecule has 2 amide bonds. The van der Waals surface area contributed by atoms with Gasteiger partial charge in [0.1, 0.15) is 0 Å². The summed E-state index contributed by atoms with van der Waals surface area (Å²) in [6, 6.07) is 5.21. The lowest BCUT2D eigenvalue weighted by atomic mass is 9.76. The first-order valence-electron chi connectivity index (χ1n) is 13.0. The molecule has 0 bridgehead atoms.